The van der Waals surface area contributed by atoms with Crippen molar-refractivity contribution < 1.29 is 9.21 Å². The van der Waals surface area contributed by atoms with Gasteiger partial charge in [-0.2, -0.15) is 5.26 Å². The Bertz CT molecular complexity index is 1260. The molecule has 0 aliphatic rings. The van der Waals surface area contributed by atoms with Crippen molar-refractivity contribution in [2.75, 3.05) is 5.32 Å². The Kier molecular flexibility index (Phi) is 4.98. The number of benzene rings is 2. The zero-order valence-corrected chi connectivity index (χ0v) is 16.7. The molecule has 0 saturated heterocycles. The fourth-order valence-corrected chi connectivity index (χ4v) is 3.82. The fourth-order valence-electron chi connectivity index (χ4n) is 2.89. The molecule has 0 saturated carbocycles. The van der Waals surface area contributed by atoms with E-state index in [1.54, 1.807) is 12.1 Å². The third kappa shape index (κ3) is 3.82. The zero-order valence-electron chi connectivity index (χ0n) is 15.9. The van der Waals surface area contributed by atoms with Crippen molar-refractivity contribution in [1.82, 2.24) is 4.98 Å². The van der Waals surface area contributed by atoms with E-state index in [1.807, 2.05) is 62.4 Å². The number of aryl methyl sites for hydroxylation is 1. The van der Waals surface area contributed by atoms with Gasteiger partial charge in [-0.05, 0) is 55.3 Å². The number of fused-ring (bicyclic) bond motifs is 1. The molecule has 142 valence electrons. The van der Waals surface area contributed by atoms with E-state index < -0.39 is 5.91 Å². The number of thiazole rings is 1. The minimum Gasteiger partial charge on any atom is -0.454 e. The first-order chi connectivity index (χ1) is 14.0. The van der Waals surface area contributed by atoms with E-state index in [2.05, 4.69) is 10.3 Å². The predicted octanol–water partition coefficient (Wildman–Crippen LogP) is 5.72. The zero-order chi connectivity index (χ0) is 20.4. The number of rotatable bonds is 4. The van der Waals surface area contributed by atoms with Crippen molar-refractivity contribution >= 4 is 39.2 Å². The molecular weight excluding hydrogens is 382 g/mol. The molecule has 2 aromatic heterocycles. The van der Waals surface area contributed by atoms with Crippen LogP contribution in [0.2, 0.25) is 0 Å². The van der Waals surface area contributed by atoms with E-state index in [4.69, 9.17) is 4.42 Å². The lowest BCUT2D eigenvalue weighted by atomic mass is 10.1. The van der Waals surface area contributed by atoms with Crippen molar-refractivity contribution in [2.24, 2.45) is 0 Å². The molecule has 0 radical (unpaired) electrons. The van der Waals surface area contributed by atoms with Gasteiger partial charge in [-0.15, -0.1) is 11.3 Å². The van der Waals surface area contributed by atoms with Crippen LogP contribution in [0.4, 0.5) is 5.69 Å². The molecule has 5 nitrogen and oxygen atoms in total. The molecule has 6 heteroatoms. The third-order valence-corrected chi connectivity index (χ3v) is 5.69. The molecule has 0 atom stereocenters. The molecule has 1 amide bonds. The lowest BCUT2D eigenvalue weighted by Gasteiger charge is -2.09. The lowest BCUT2D eigenvalue weighted by Crippen LogP contribution is -2.14. The minimum atomic E-state index is -0.473. The average Bonchev–Trinajstić information content (AvgIpc) is 3.36. The van der Waals surface area contributed by atoms with Crippen LogP contribution in [-0.2, 0) is 4.79 Å². The number of furan rings is 1. The van der Waals surface area contributed by atoms with Crippen LogP contribution in [0.3, 0.4) is 0 Å². The van der Waals surface area contributed by atoms with Crippen LogP contribution in [0.15, 0.2) is 64.6 Å². The lowest BCUT2D eigenvalue weighted by molar-refractivity contribution is -0.112. The molecule has 0 unspecified atom stereocenters. The number of carbonyl (C=O) groups excluding carboxylic acids is 1. The number of para-hydroxylation sites is 1. The van der Waals surface area contributed by atoms with Crippen molar-refractivity contribution in [2.45, 2.75) is 13.8 Å². The summed E-state index contributed by atoms with van der Waals surface area (Å²) in [5.41, 5.74) is 3.60. The Balaban J connectivity index is 1.58. The highest BCUT2D eigenvalue weighted by Crippen LogP contribution is 2.31. The number of carbonyl (C=O) groups is 1. The van der Waals surface area contributed by atoms with Gasteiger partial charge in [0.2, 0.25) is 0 Å². The van der Waals surface area contributed by atoms with E-state index in [0.717, 1.165) is 26.4 Å². The number of anilines is 1. The number of nitrogens with zero attached hydrogens (tertiary/aromatic N) is 2. The molecule has 4 rings (SSSR count). The van der Waals surface area contributed by atoms with Crippen LogP contribution in [0.5, 0.6) is 0 Å². The van der Waals surface area contributed by atoms with Gasteiger partial charge in [0.05, 0.1) is 10.2 Å². The predicted molar refractivity (Wildman–Crippen MR) is 115 cm³/mol. The van der Waals surface area contributed by atoms with E-state index in [0.29, 0.717) is 17.2 Å². The average molecular weight is 399 g/mol. The van der Waals surface area contributed by atoms with Gasteiger partial charge < -0.3 is 9.73 Å². The maximum absolute atomic E-state index is 12.6. The van der Waals surface area contributed by atoms with Gasteiger partial charge in [0.15, 0.2) is 10.8 Å². The highest BCUT2D eigenvalue weighted by molar-refractivity contribution is 7.21. The SMILES string of the molecule is Cc1cccc(NC(=O)/C(C#N)=C/c2ccc(-c3nc4ccccc4s3)o2)c1C. The van der Waals surface area contributed by atoms with Crippen LogP contribution in [-0.4, -0.2) is 10.9 Å². The minimum absolute atomic E-state index is 0.0314. The van der Waals surface area contributed by atoms with Crippen LogP contribution in [0, 0.1) is 25.2 Å². The molecule has 0 spiro atoms. The topological polar surface area (TPSA) is 78.9 Å². The monoisotopic (exact) mass is 399 g/mol. The molecule has 4 aromatic rings. The Labute approximate surface area is 171 Å². The van der Waals surface area contributed by atoms with Gasteiger partial charge in [-0.1, -0.05) is 24.3 Å². The Hall–Kier alpha value is -3.69. The summed E-state index contributed by atoms with van der Waals surface area (Å²) < 4.78 is 6.89. The molecular formula is C23H17N3O2S. The van der Waals surface area contributed by atoms with Crippen LogP contribution < -0.4 is 5.32 Å². The quantitative estimate of drug-likeness (QED) is 0.352. The van der Waals surface area contributed by atoms with Crippen LogP contribution >= 0.6 is 11.3 Å². The fraction of sp³-hybridized carbons (Fsp3) is 0.0870. The Morgan fingerprint density at radius 3 is 2.76 bits per heavy atom. The second-order valence-corrected chi connectivity index (χ2v) is 7.59. The molecule has 0 fully saturated rings. The molecule has 0 aliphatic carbocycles. The Morgan fingerprint density at radius 1 is 1.14 bits per heavy atom. The number of amides is 1. The summed E-state index contributed by atoms with van der Waals surface area (Å²) in [7, 11) is 0. The highest BCUT2D eigenvalue weighted by Gasteiger charge is 2.14. The van der Waals surface area contributed by atoms with Crippen molar-refractivity contribution in [3.8, 4) is 16.8 Å². The maximum atomic E-state index is 12.6. The normalized spacial score (nSPS) is 11.4. The highest BCUT2D eigenvalue weighted by atomic mass is 32.1. The van der Waals surface area contributed by atoms with Crippen molar-refractivity contribution in [3.63, 3.8) is 0 Å². The summed E-state index contributed by atoms with van der Waals surface area (Å²) in [5, 5.41) is 13.0. The summed E-state index contributed by atoms with van der Waals surface area (Å²) >= 11 is 1.53. The van der Waals surface area contributed by atoms with E-state index in [9.17, 15) is 10.1 Å². The number of hydrogen-bond acceptors (Lipinski definition) is 5. The second kappa shape index (κ2) is 7.74. The molecule has 2 heterocycles. The van der Waals surface area contributed by atoms with E-state index in [-0.39, 0.29) is 5.57 Å². The smallest absolute Gasteiger partial charge is 0.266 e. The summed E-state index contributed by atoms with van der Waals surface area (Å²) in [5.74, 6) is 0.552. The van der Waals surface area contributed by atoms with Crippen molar-refractivity contribution in [1.29, 1.82) is 5.26 Å². The maximum Gasteiger partial charge on any atom is 0.266 e. The number of nitrogens with one attached hydrogen (secondary N) is 1. The first-order valence-corrected chi connectivity index (χ1v) is 9.82. The summed E-state index contributed by atoms with van der Waals surface area (Å²) in [4.78, 5) is 17.1. The Morgan fingerprint density at radius 2 is 1.97 bits per heavy atom. The molecule has 29 heavy (non-hydrogen) atoms. The molecule has 1 N–H and O–H groups in total. The van der Waals surface area contributed by atoms with Gasteiger partial charge in [-0.25, -0.2) is 4.98 Å². The first-order valence-electron chi connectivity index (χ1n) is 9.00. The third-order valence-electron chi connectivity index (χ3n) is 4.64. The number of hydrogen-bond donors (Lipinski definition) is 1. The first kappa shape index (κ1) is 18.7. The van der Waals surface area contributed by atoms with Gasteiger partial charge in [0.1, 0.15) is 17.4 Å². The number of aromatic nitrogens is 1. The summed E-state index contributed by atoms with van der Waals surface area (Å²) in [6, 6.07) is 19.0. The second-order valence-electron chi connectivity index (χ2n) is 6.56. The standard InChI is InChI=1S/C23H17N3O2S/c1-14-6-5-8-18(15(14)2)25-22(27)16(13-24)12-17-10-11-20(28-17)23-26-19-7-3-4-9-21(19)29-23/h3-12H,1-2H3,(H,25,27)/b16-12+. The molecule has 0 aliphatic heterocycles. The van der Waals surface area contributed by atoms with Crippen molar-refractivity contribution in [3.05, 3.63) is 77.1 Å². The molecule has 0 bridgehead atoms. The van der Waals surface area contributed by atoms with E-state index >= 15 is 0 Å². The van der Waals surface area contributed by atoms with Gasteiger partial charge >= 0.3 is 0 Å². The van der Waals surface area contributed by atoms with E-state index in [1.165, 1.54) is 17.4 Å². The largest absolute Gasteiger partial charge is 0.454 e. The van der Waals surface area contributed by atoms with Gasteiger partial charge in [0, 0.05) is 11.8 Å². The number of nitriles is 1. The van der Waals surface area contributed by atoms with Crippen LogP contribution in [0.25, 0.3) is 27.1 Å². The van der Waals surface area contributed by atoms with Gasteiger partial charge in [0.25, 0.3) is 5.91 Å². The van der Waals surface area contributed by atoms with Crippen LogP contribution in [0.1, 0.15) is 16.9 Å². The molecule has 2 aromatic carbocycles. The summed E-state index contributed by atoms with van der Waals surface area (Å²) in [6.45, 7) is 3.90. The van der Waals surface area contributed by atoms with Gasteiger partial charge in [-0.3, -0.25) is 4.79 Å². The summed E-state index contributed by atoms with van der Waals surface area (Å²) in [6.07, 6.45) is 1.44.